The Kier molecular flexibility index (Phi) is 7.29. The molecule has 1 nitrogen and oxygen atoms in total. The first-order valence-corrected chi connectivity index (χ1v) is 20.9. The van der Waals surface area contributed by atoms with Gasteiger partial charge < -0.3 is 4.57 Å². The standard InChI is InChI=1S/C57H43N/c1-38-29-33-42(34-30-38)56(43-18-13-15-40(37-43)39-31-35-44(36-32-39)58-53-27-11-6-20-46(53)47-21-7-12-28-54(47)58)50-24-9-10-25-51(50)57(41-16-3-2-4-17-41)49-23-8-5-19-45(49)48-22-14-26-52(56)55(48)57/h2-29,31-36,38,43H,30,37H2,1H3. The molecule has 4 aliphatic carbocycles. The normalized spacial score (nSPS) is 22.6. The third kappa shape index (κ3) is 4.42. The summed E-state index contributed by atoms with van der Waals surface area (Å²) in [5.74, 6) is 0.693. The van der Waals surface area contributed by atoms with Crippen molar-refractivity contribution in [1.82, 2.24) is 4.57 Å². The quantitative estimate of drug-likeness (QED) is 0.166. The SMILES string of the molecule is CC1C=CC(C2(C3C=CC=C(c4ccc(-n5c6ccccc6c6ccccc65)cc4)C3)c3ccccc3C3(c4ccccc4)c4ccccc4-c4cccc2c43)=CC1. The van der Waals surface area contributed by atoms with E-state index >= 15 is 0 Å². The first-order valence-electron chi connectivity index (χ1n) is 20.9. The lowest BCUT2D eigenvalue weighted by Crippen LogP contribution is -2.48. The summed E-state index contributed by atoms with van der Waals surface area (Å²) in [4.78, 5) is 0. The van der Waals surface area contributed by atoms with Crippen molar-refractivity contribution in [2.75, 3.05) is 0 Å². The van der Waals surface area contributed by atoms with E-state index < -0.39 is 10.8 Å². The number of hydrogen-bond donors (Lipinski definition) is 0. The van der Waals surface area contributed by atoms with Crippen molar-refractivity contribution in [2.45, 2.75) is 30.6 Å². The number of hydrogen-bond acceptors (Lipinski definition) is 0. The van der Waals surface area contributed by atoms with E-state index in [1.165, 1.54) is 88.7 Å². The minimum atomic E-state index is -0.421. The molecule has 8 aromatic rings. The second-order valence-electron chi connectivity index (χ2n) is 16.8. The number of fused-ring (bicyclic) bond motifs is 8. The number of nitrogens with zero attached hydrogens (tertiary/aromatic N) is 1. The molecule has 0 radical (unpaired) electrons. The van der Waals surface area contributed by atoms with Gasteiger partial charge in [0.25, 0.3) is 0 Å². The summed E-state index contributed by atoms with van der Waals surface area (Å²) in [6.07, 6.45) is 16.7. The molecule has 4 atom stereocenters. The van der Waals surface area contributed by atoms with E-state index in [1.54, 1.807) is 0 Å². The highest BCUT2D eigenvalue weighted by atomic mass is 15.0. The molecule has 0 aliphatic heterocycles. The zero-order valence-corrected chi connectivity index (χ0v) is 32.6. The molecule has 12 rings (SSSR count). The van der Waals surface area contributed by atoms with Crippen molar-refractivity contribution in [1.29, 1.82) is 0 Å². The van der Waals surface area contributed by atoms with E-state index in [2.05, 4.69) is 218 Å². The lowest BCUT2D eigenvalue weighted by molar-refractivity contribution is 0.423. The van der Waals surface area contributed by atoms with Crippen molar-refractivity contribution < 1.29 is 0 Å². The van der Waals surface area contributed by atoms with Gasteiger partial charge in [0.2, 0.25) is 0 Å². The van der Waals surface area contributed by atoms with Gasteiger partial charge in [-0.15, -0.1) is 0 Å². The van der Waals surface area contributed by atoms with Crippen LogP contribution in [0.15, 0.2) is 212 Å². The van der Waals surface area contributed by atoms with Gasteiger partial charge in [-0.2, -0.15) is 0 Å². The molecule has 0 N–H and O–H groups in total. The maximum absolute atomic E-state index is 2.57. The summed E-state index contributed by atoms with van der Waals surface area (Å²) in [6, 6.07) is 64.1. The topological polar surface area (TPSA) is 4.93 Å². The molecule has 0 saturated carbocycles. The fourth-order valence-electron chi connectivity index (χ4n) is 11.6. The zero-order valence-electron chi connectivity index (χ0n) is 32.6. The van der Waals surface area contributed by atoms with Gasteiger partial charge in [-0.3, -0.25) is 0 Å². The van der Waals surface area contributed by atoms with Gasteiger partial charge in [0.1, 0.15) is 0 Å². The van der Waals surface area contributed by atoms with Crippen molar-refractivity contribution in [3.05, 3.63) is 251 Å². The minimum Gasteiger partial charge on any atom is -0.309 e. The summed E-state index contributed by atoms with van der Waals surface area (Å²) in [5.41, 5.74) is 18.0. The number of benzene rings is 7. The maximum atomic E-state index is 2.57. The molecule has 4 aliphatic rings. The Morgan fingerprint density at radius 3 is 1.93 bits per heavy atom. The third-order valence-corrected chi connectivity index (χ3v) is 13.9. The fourth-order valence-corrected chi connectivity index (χ4v) is 11.6. The van der Waals surface area contributed by atoms with Crippen LogP contribution in [0.1, 0.15) is 58.7 Å². The van der Waals surface area contributed by atoms with E-state index in [0.29, 0.717) is 5.92 Å². The van der Waals surface area contributed by atoms with Crippen molar-refractivity contribution in [2.24, 2.45) is 11.8 Å². The Morgan fingerprint density at radius 1 is 0.552 bits per heavy atom. The predicted molar refractivity (Wildman–Crippen MR) is 242 cm³/mol. The monoisotopic (exact) mass is 741 g/mol. The van der Waals surface area contributed by atoms with Crippen LogP contribution in [-0.2, 0) is 10.8 Å². The van der Waals surface area contributed by atoms with Gasteiger partial charge in [-0.05, 0) is 110 Å². The molecule has 0 saturated heterocycles. The predicted octanol–water partition coefficient (Wildman–Crippen LogP) is 13.9. The molecule has 0 bridgehead atoms. The molecule has 0 amide bonds. The average Bonchev–Trinajstić information content (AvgIpc) is 3.79. The number of allylic oxidation sites excluding steroid dienone is 8. The Hall–Kier alpha value is -6.70. The van der Waals surface area contributed by atoms with E-state index in [4.69, 9.17) is 0 Å². The zero-order chi connectivity index (χ0) is 38.4. The van der Waals surface area contributed by atoms with E-state index in [9.17, 15) is 0 Å². The molecule has 276 valence electrons. The lowest BCUT2D eigenvalue weighted by Gasteiger charge is -2.53. The lowest BCUT2D eigenvalue weighted by atomic mass is 9.48. The van der Waals surface area contributed by atoms with Crippen LogP contribution in [0.5, 0.6) is 0 Å². The molecule has 0 fully saturated rings. The summed E-state index contributed by atoms with van der Waals surface area (Å²) in [5, 5.41) is 2.57. The molecule has 1 heterocycles. The van der Waals surface area contributed by atoms with Crippen molar-refractivity contribution in [3.63, 3.8) is 0 Å². The number of para-hydroxylation sites is 2. The molecule has 58 heavy (non-hydrogen) atoms. The summed E-state index contributed by atoms with van der Waals surface area (Å²) in [7, 11) is 0. The van der Waals surface area contributed by atoms with Gasteiger partial charge in [-0.25, -0.2) is 0 Å². The van der Waals surface area contributed by atoms with Gasteiger partial charge >= 0.3 is 0 Å². The van der Waals surface area contributed by atoms with Crippen LogP contribution in [0.25, 0.3) is 44.2 Å². The molecule has 4 unspecified atom stereocenters. The van der Waals surface area contributed by atoms with Gasteiger partial charge in [-0.1, -0.05) is 189 Å². The fraction of sp³-hybridized carbons (Fsp3) is 0.123. The molecular formula is C57H43N. The summed E-state index contributed by atoms with van der Waals surface area (Å²) in [6.45, 7) is 2.34. The van der Waals surface area contributed by atoms with Crippen molar-refractivity contribution >= 4 is 27.4 Å². The highest BCUT2D eigenvalue weighted by Crippen LogP contribution is 2.67. The second kappa shape index (κ2) is 12.7. The number of aromatic nitrogens is 1. The van der Waals surface area contributed by atoms with Crippen LogP contribution in [0.4, 0.5) is 0 Å². The summed E-state index contributed by atoms with van der Waals surface area (Å²) >= 11 is 0. The Balaban J connectivity index is 1.05. The largest absolute Gasteiger partial charge is 0.309 e. The Bertz CT molecular complexity index is 3020. The van der Waals surface area contributed by atoms with Crippen LogP contribution in [0.3, 0.4) is 0 Å². The van der Waals surface area contributed by atoms with Crippen molar-refractivity contribution in [3.8, 4) is 16.8 Å². The molecule has 0 spiro atoms. The highest BCUT2D eigenvalue weighted by molar-refractivity contribution is 6.09. The second-order valence-corrected chi connectivity index (χ2v) is 16.8. The van der Waals surface area contributed by atoms with Crippen LogP contribution in [-0.4, -0.2) is 4.57 Å². The molecule has 7 aromatic carbocycles. The van der Waals surface area contributed by atoms with Gasteiger partial charge in [0, 0.05) is 16.5 Å². The molecular weight excluding hydrogens is 699 g/mol. The Labute approximate surface area is 340 Å². The smallest absolute Gasteiger partial charge is 0.0719 e. The van der Waals surface area contributed by atoms with Crippen LogP contribution in [0, 0.1) is 11.8 Å². The highest BCUT2D eigenvalue weighted by Gasteiger charge is 2.59. The molecule has 1 aromatic heterocycles. The average molecular weight is 742 g/mol. The molecule has 1 heteroatoms. The third-order valence-electron chi connectivity index (χ3n) is 13.9. The number of rotatable bonds is 5. The van der Waals surface area contributed by atoms with Gasteiger partial charge in [0.15, 0.2) is 0 Å². The van der Waals surface area contributed by atoms with E-state index in [1.807, 2.05) is 0 Å². The summed E-state index contributed by atoms with van der Waals surface area (Å²) < 4.78 is 2.41. The van der Waals surface area contributed by atoms with E-state index in [-0.39, 0.29) is 5.92 Å². The first kappa shape index (κ1) is 33.4. The maximum Gasteiger partial charge on any atom is 0.0719 e. The van der Waals surface area contributed by atoms with Crippen LogP contribution >= 0.6 is 0 Å². The van der Waals surface area contributed by atoms with Gasteiger partial charge in [0.05, 0.1) is 21.9 Å². The van der Waals surface area contributed by atoms with E-state index in [0.717, 1.165) is 12.8 Å². The van der Waals surface area contributed by atoms with Crippen LogP contribution in [0.2, 0.25) is 0 Å². The first-order chi connectivity index (χ1) is 28.7. The Morgan fingerprint density at radius 2 is 1.19 bits per heavy atom. The minimum absolute atomic E-state index is 0.180. The van der Waals surface area contributed by atoms with Crippen LogP contribution < -0.4 is 0 Å².